The number of carbonyl (C=O) groups is 4. The molecule has 1 heterocycles. The van der Waals surface area contributed by atoms with Crippen LogP contribution in [-0.4, -0.2) is 61.5 Å². The topological polar surface area (TPSA) is 111 Å². The Bertz CT molecular complexity index is 773. The lowest BCUT2D eigenvalue weighted by molar-refractivity contribution is -0.143. The first kappa shape index (κ1) is 20.2. The fourth-order valence-electron chi connectivity index (χ4n) is 2.54. The largest absolute Gasteiger partial charge is 0.493 e. The monoisotopic (exact) mass is 378 g/mol. The summed E-state index contributed by atoms with van der Waals surface area (Å²) in [6.07, 6.45) is -0.200. The van der Waals surface area contributed by atoms with E-state index in [0.29, 0.717) is 17.1 Å². The Morgan fingerprint density at radius 2 is 1.78 bits per heavy atom. The predicted molar refractivity (Wildman–Crippen MR) is 93.8 cm³/mol. The first-order valence-corrected chi connectivity index (χ1v) is 8.24. The summed E-state index contributed by atoms with van der Waals surface area (Å²) in [5, 5.41) is 2.52. The number of benzene rings is 1. The highest BCUT2D eigenvalue weighted by Crippen LogP contribution is 2.27. The lowest BCUT2D eigenvalue weighted by Gasteiger charge is -2.15. The number of hydrogen-bond acceptors (Lipinski definition) is 7. The van der Waals surface area contributed by atoms with Gasteiger partial charge in [-0.15, -0.1) is 0 Å². The molecule has 1 saturated heterocycles. The van der Waals surface area contributed by atoms with Gasteiger partial charge in [0.05, 0.1) is 20.6 Å². The predicted octanol–water partition coefficient (Wildman–Crippen LogP) is 1.15. The number of hydrogen-bond donors (Lipinski definition) is 1. The zero-order valence-corrected chi connectivity index (χ0v) is 15.7. The summed E-state index contributed by atoms with van der Waals surface area (Å²) < 4.78 is 15.2. The van der Waals surface area contributed by atoms with Crippen LogP contribution in [0.3, 0.4) is 0 Å². The molecule has 1 aliphatic rings. The van der Waals surface area contributed by atoms with Gasteiger partial charge in [-0.05, 0) is 32.0 Å². The average Bonchev–Trinajstić information content (AvgIpc) is 2.84. The third-order valence-electron chi connectivity index (χ3n) is 4.05. The summed E-state index contributed by atoms with van der Waals surface area (Å²) in [6.45, 7) is 2.58. The molecule has 1 N–H and O–H groups in total. The maximum absolute atomic E-state index is 12.2. The Hall–Kier alpha value is -3.10. The van der Waals surface area contributed by atoms with Crippen LogP contribution in [0.25, 0.3) is 0 Å². The maximum Gasteiger partial charge on any atom is 0.325 e. The summed E-state index contributed by atoms with van der Waals surface area (Å²) in [4.78, 5) is 48.7. The van der Waals surface area contributed by atoms with Gasteiger partial charge in [0.2, 0.25) is 0 Å². The van der Waals surface area contributed by atoms with E-state index in [1.165, 1.54) is 26.4 Å². The van der Waals surface area contributed by atoms with E-state index in [4.69, 9.17) is 14.2 Å². The van der Waals surface area contributed by atoms with E-state index >= 15 is 0 Å². The molecule has 0 radical (unpaired) electrons. The van der Waals surface area contributed by atoms with Crippen LogP contribution in [0.4, 0.5) is 4.79 Å². The fraction of sp³-hybridized carbons (Fsp3) is 0.444. The summed E-state index contributed by atoms with van der Waals surface area (Å²) >= 11 is 0. The van der Waals surface area contributed by atoms with Gasteiger partial charge in [-0.2, -0.15) is 0 Å². The molecule has 9 nitrogen and oxygen atoms in total. The highest BCUT2D eigenvalue weighted by atomic mass is 16.5. The second kappa shape index (κ2) is 8.07. The van der Waals surface area contributed by atoms with Gasteiger partial charge in [-0.1, -0.05) is 0 Å². The molecule has 0 bridgehead atoms. The Morgan fingerprint density at radius 1 is 1.11 bits per heavy atom. The van der Waals surface area contributed by atoms with E-state index in [9.17, 15) is 19.2 Å². The number of methoxy groups -OCH3 is 2. The molecule has 0 aliphatic carbocycles. The third-order valence-corrected chi connectivity index (χ3v) is 4.05. The number of amides is 3. The van der Waals surface area contributed by atoms with Crippen LogP contribution in [-0.2, 0) is 14.3 Å². The van der Waals surface area contributed by atoms with E-state index in [0.717, 1.165) is 4.90 Å². The first-order chi connectivity index (χ1) is 12.7. The maximum atomic E-state index is 12.2. The molecule has 0 saturated carbocycles. The van der Waals surface area contributed by atoms with Gasteiger partial charge in [0, 0.05) is 12.1 Å². The lowest BCUT2D eigenvalue weighted by Crippen LogP contribution is -2.40. The minimum absolute atomic E-state index is 0.114. The molecule has 1 aromatic rings. The minimum atomic E-state index is -0.996. The molecule has 0 aromatic heterocycles. The SMILES string of the molecule is COc1ccc(C(=O)COC(=O)CCN2C(=O)NC(C)(C)C2=O)cc1OC. The second-order valence-electron chi connectivity index (χ2n) is 6.42. The van der Waals surface area contributed by atoms with Gasteiger partial charge in [0.1, 0.15) is 5.54 Å². The number of carbonyl (C=O) groups excluding carboxylic acids is 4. The molecule has 0 spiro atoms. The highest BCUT2D eigenvalue weighted by Gasteiger charge is 2.44. The quantitative estimate of drug-likeness (QED) is 0.410. The highest BCUT2D eigenvalue weighted by molar-refractivity contribution is 6.06. The van der Waals surface area contributed by atoms with Gasteiger partial charge in [0.25, 0.3) is 5.91 Å². The van der Waals surface area contributed by atoms with E-state index in [-0.39, 0.29) is 13.0 Å². The Kier molecular flexibility index (Phi) is 6.04. The standard InChI is InChI=1S/C18H22N2O7/c1-18(2)16(23)20(17(24)19-18)8-7-15(22)27-10-12(21)11-5-6-13(25-3)14(9-11)26-4/h5-6,9H,7-8,10H2,1-4H3,(H,19,24). The molecular weight excluding hydrogens is 356 g/mol. The number of nitrogens with zero attached hydrogens (tertiary/aromatic N) is 1. The number of Topliss-reactive ketones (excluding diaryl/α,β-unsaturated/α-hetero) is 1. The minimum Gasteiger partial charge on any atom is -0.493 e. The van der Waals surface area contributed by atoms with Gasteiger partial charge in [0.15, 0.2) is 23.9 Å². The summed E-state index contributed by atoms with van der Waals surface area (Å²) in [5.74, 6) is -0.658. The fourth-order valence-corrected chi connectivity index (χ4v) is 2.54. The number of nitrogens with one attached hydrogen (secondary N) is 1. The van der Waals surface area contributed by atoms with Crippen LogP contribution < -0.4 is 14.8 Å². The van der Waals surface area contributed by atoms with E-state index < -0.39 is 35.8 Å². The van der Waals surface area contributed by atoms with Gasteiger partial charge in [-0.3, -0.25) is 19.3 Å². The molecule has 1 aliphatic heterocycles. The third kappa shape index (κ3) is 4.55. The Balaban J connectivity index is 1.86. The number of ketones is 1. The molecule has 1 aromatic carbocycles. The zero-order chi connectivity index (χ0) is 20.2. The molecule has 27 heavy (non-hydrogen) atoms. The van der Waals surface area contributed by atoms with Gasteiger partial charge >= 0.3 is 12.0 Å². The van der Waals surface area contributed by atoms with Crippen LogP contribution in [0, 0.1) is 0 Å². The van der Waals surface area contributed by atoms with Crippen molar-refractivity contribution in [1.82, 2.24) is 10.2 Å². The lowest BCUT2D eigenvalue weighted by atomic mass is 10.1. The molecule has 0 unspecified atom stereocenters. The number of esters is 1. The first-order valence-electron chi connectivity index (χ1n) is 8.24. The van der Waals surface area contributed by atoms with E-state index in [1.54, 1.807) is 19.9 Å². The smallest absolute Gasteiger partial charge is 0.325 e. The molecule has 3 amide bonds. The van der Waals surface area contributed by atoms with Crippen LogP contribution in [0.2, 0.25) is 0 Å². The summed E-state index contributed by atoms with van der Waals surface area (Å²) in [6, 6.07) is 4.05. The number of rotatable bonds is 8. The molecule has 9 heteroatoms. The van der Waals surface area contributed by atoms with Crippen molar-refractivity contribution in [3.8, 4) is 11.5 Å². The van der Waals surface area contributed by atoms with Gasteiger partial charge in [-0.25, -0.2) is 4.79 Å². The Morgan fingerprint density at radius 3 is 2.33 bits per heavy atom. The summed E-state index contributed by atoms with van der Waals surface area (Å²) in [5.41, 5.74) is -0.694. The van der Waals surface area contributed by atoms with Crippen molar-refractivity contribution in [2.45, 2.75) is 25.8 Å². The molecule has 146 valence electrons. The normalized spacial score (nSPS) is 15.3. The van der Waals surface area contributed by atoms with Crippen molar-refractivity contribution in [3.63, 3.8) is 0 Å². The van der Waals surface area contributed by atoms with Gasteiger partial charge < -0.3 is 19.5 Å². The van der Waals surface area contributed by atoms with E-state index in [1.807, 2.05) is 0 Å². The van der Waals surface area contributed by atoms with Crippen LogP contribution in [0.5, 0.6) is 11.5 Å². The van der Waals surface area contributed by atoms with Crippen molar-refractivity contribution in [3.05, 3.63) is 23.8 Å². The van der Waals surface area contributed by atoms with Crippen LogP contribution in [0.15, 0.2) is 18.2 Å². The van der Waals surface area contributed by atoms with E-state index in [2.05, 4.69) is 5.32 Å². The van der Waals surface area contributed by atoms with Crippen molar-refractivity contribution in [2.24, 2.45) is 0 Å². The van der Waals surface area contributed by atoms with Crippen molar-refractivity contribution in [1.29, 1.82) is 0 Å². The van der Waals surface area contributed by atoms with Crippen molar-refractivity contribution >= 4 is 23.7 Å². The molecule has 1 fully saturated rings. The molecule has 0 atom stereocenters. The molecule has 2 rings (SSSR count). The number of urea groups is 1. The Labute approximate surface area is 156 Å². The number of imide groups is 1. The molecular formula is C18H22N2O7. The van der Waals surface area contributed by atoms with Crippen molar-refractivity contribution < 1.29 is 33.4 Å². The van der Waals surface area contributed by atoms with Crippen molar-refractivity contribution in [2.75, 3.05) is 27.4 Å². The van der Waals surface area contributed by atoms with Crippen LogP contribution in [0.1, 0.15) is 30.6 Å². The zero-order valence-electron chi connectivity index (χ0n) is 15.7. The second-order valence-corrected chi connectivity index (χ2v) is 6.42. The summed E-state index contributed by atoms with van der Waals surface area (Å²) in [7, 11) is 2.93. The number of ether oxygens (including phenoxy) is 3. The van der Waals surface area contributed by atoms with Crippen LogP contribution >= 0.6 is 0 Å². The average molecular weight is 378 g/mol.